The molecule has 0 spiro atoms. The van der Waals surface area contributed by atoms with Gasteiger partial charge in [0.1, 0.15) is 0 Å². The highest BCUT2D eigenvalue weighted by molar-refractivity contribution is 4.98. The third kappa shape index (κ3) is 2.62. The van der Waals surface area contributed by atoms with Gasteiger partial charge in [-0.15, -0.1) is 0 Å². The minimum atomic E-state index is 0.674. The summed E-state index contributed by atoms with van der Waals surface area (Å²) in [6.45, 7) is 8.34. The van der Waals surface area contributed by atoms with Crippen molar-refractivity contribution < 1.29 is 0 Å². The molecule has 4 nitrogen and oxygen atoms in total. The zero-order valence-electron chi connectivity index (χ0n) is 10.3. The van der Waals surface area contributed by atoms with Crippen LogP contribution in [0.2, 0.25) is 0 Å². The number of rotatable bonds is 4. The maximum absolute atomic E-state index is 5.51. The monoisotopic (exact) mass is 222 g/mol. The van der Waals surface area contributed by atoms with Gasteiger partial charge in [0.2, 0.25) is 0 Å². The molecule has 2 N–H and O–H groups in total. The Bertz CT molecular complexity index is 334. The Labute approximate surface area is 97.4 Å². The van der Waals surface area contributed by atoms with Crippen molar-refractivity contribution in [3.63, 3.8) is 0 Å². The van der Waals surface area contributed by atoms with Crippen LogP contribution in [0.4, 0.5) is 0 Å². The second-order valence-corrected chi connectivity index (χ2v) is 5.01. The van der Waals surface area contributed by atoms with Gasteiger partial charge in [-0.1, -0.05) is 6.92 Å². The molecule has 4 heteroatoms. The quantitative estimate of drug-likeness (QED) is 0.829. The van der Waals surface area contributed by atoms with E-state index in [1.807, 2.05) is 6.33 Å². The van der Waals surface area contributed by atoms with Gasteiger partial charge < -0.3 is 10.3 Å². The summed E-state index contributed by atoms with van der Waals surface area (Å²) in [6, 6.07) is 0.689. The highest BCUT2D eigenvalue weighted by Gasteiger charge is 2.26. The molecule has 1 aliphatic rings. The standard InChI is InChI=1S/C12H22N4/c1-10-5-11(2)16(6-10)8-12-7-15(4-3-13)9-14-12/h7,9-11H,3-6,8,13H2,1-2H3. The lowest BCUT2D eigenvalue weighted by Crippen LogP contribution is -2.26. The van der Waals surface area contributed by atoms with E-state index in [4.69, 9.17) is 5.73 Å². The molecule has 0 radical (unpaired) electrons. The molecule has 1 fully saturated rings. The average molecular weight is 222 g/mol. The minimum Gasteiger partial charge on any atom is -0.336 e. The third-order valence-corrected chi connectivity index (χ3v) is 3.35. The van der Waals surface area contributed by atoms with Crippen molar-refractivity contribution in [2.75, 3.05) is 13.1 Å². The summed E-state index contributed by atoms with van der Waals surface area (Å²) in [5.74, 6) is 0.820. The molecular weight excluding hydrogens is 200 g/mol. The maximum Gasteiger partial charge on any atom is 0.0950 e. The number of likely N-dealkylation sites (tertiary alicyclic amines) is 1. The zero-order valence-corrected chi connectivity index (χ0v) is 10.3. The predicted octanol–water partition coefficient (Wildman–Crippen LogP) is 1.07. The molecule has 0 bridgehead atoms. The molecular formula is C12H22N4. The van der Waals surface area contributed by atoms with Crippen LogP contribution in [0.1, 0.15) is 26.0 Å². The number of hydrogen-bond acceptors (Lipinski definition) is 3. The molecule has 1 aliphatic heterocycles. The molecule has 0 aromatic carbocycles. The first-order valence-electron chi connectivity index (χ1n) is 6.14. The predicted molar refractivity (Wildman–Crippen MR) is 64.9 cm³/mol. The van der Waals surface area contributed by atoms with Crippen LogP contribution in [0, 0.1) is 5.92 Å². The Balaban J connectivity index is 1.93. The summed E-state index contributed by atoms with van der Waals surface area (Å²) in [6.07, 6.45) is 5.30. The largest absolute Gasteiger partial charge is 0.336 e. The van der Waals surface area contributed by atoms with Crippen molar-refractivity contribution in [1.29, 1.82) is 0 Å². The second-order valence-electron chi connectivity index (χ2n) is 5.01. The molecule has 1 saturated heterocycles. The van der Waals surface area contributed by atoms with Gasteiger partial charge in [-0.3, -0.25) is 4.90 Å². The van der Waals surface area contributed by atoms with Crippen LogP contribution in [-0.4, -0.2) is 33.6 Å². The summed E-state index contributed by atoms with van der Waals surface area (Å²) in [4.78, 5) is 6.94. The maximum atomic E-state index is 5.51. The first kappa shape index (κ1) is 11.6. The summed E-state index contributed by atoms with van der Waals surface area (Å²) < 4.78 is 2.07. The van der Waals surface area contributed by atoms with Gasteiger partial charge in [-0.2, -0.15) is 0 Å². The summed E-state index contributed by atoms with van der Waals surface area (Å²) in [5, 5.41) is 0. The molecule has 0 amide bonds. The van der Waals surface area contributed by atoms with Crippen molar-refractivity contribution in [3.8, 4) is 0 Å². The van der Waals surface area contributed by atoms with E-state index >= 15 is 0 Å². The highest BCUT2D eigenvalue weighted by atomic mass is 15.2. The van der Waals surface area contributed by atoms with Crippen molar-refractivity contribution in [2.45, 2.75) is 39.4 Å². The Kier molecular flexibility index (Phi) is 3.61. The minimum absolute atomic E-state index is 0.674. The van der Waals surface area contributed by atoms with E-state index < -0.39 is 0 Å². The van der Waals surface area contributed by atoms with Gasteiger partial charge in [-0.05, 0) is 19.3 Å². The molecule has 2 rings (SSSR count). The molecule has 2 heterocycles. The lowest BCUT2D eigenvalue weighted by molar-refractivity contribution is 0.254. The SMILES string of the molecule is CC1CC(C)N(Cc2cn(CCN)cn2)C1. The number of nitrogens with two attached hydrogens (primary N) is 1. The van der Waals surface area contributed by atoms with Crippen LogP contribution in [0.25, 0.3) is 0 Å². The smallest absolute Gasteiger partial charge is 0.0950 e. The molecule has 16 heavy (non-hydrogen) atoms. The van der Waals surface area contributed by atoms with Gasteiger partial charge in [0.15, 0.2) is 0 Å². The molecule has 1 aromatic rings. The number of hydrogen-bond donors (Lipinski definition) is 1. The van der Waals surface area contributed by atoms with Gasteiger partial charge in [0.05, 0.1) is 12.0 Å². The van der Waals surface area contributed by atoms with E-state index in [2.05, 4.69) is 34.5 Å². The van der Waals surface area contributed by atoms with Gasteiger partial charge in [0, 0.05) is 38.4 Å². The lowest BCUT2D eigenvalue weighted by Gasteiger charge is -2.19. The molecule has 1 aromatic heterocycles. The third-order valence-electron chi connectivity index (χ3n) is 3.35. The fourth-order valence-corrected chi connectivity index (χ4v) is 2.57. The van der Waals surface area contributed by atoms with E-state index in [0.717, 1.165) is 24.7 Å². The molecule has 90 valence electrons. The Morgan fingerprint density at radius 2 is 2.31 bits per heavy atom. The summed E-state index contributed by atoms with van der Waals surface area (Å²) in [7, 11) is 0. The van der Waals surface area contributed by atoms with Crippen LogP contribution in [0.3, 0.4) is 0 Å². The van der Waals surface area contributed by atoms with Gasteiger partial charge in [-0.25, -0.2) is 4.98 Å². The Morgan fingerprint density at radius 3 is 2.94 bits per heavy atom. The highest BCUT2D eigenvalue weighted by Crippen LogP contribution is 2.23. The Morgan fingerprint density at radius 1 is 1.50 bits per heavy atom. The second kappa shape index (κ2) is 4.97. The van der Waals surface area contributed by atoms with E-state index in [0.29, 0.717) is 12.6 Å². The fourth-order valence-electron chi connectivity index (χ4n) is 2.57. The lowest BCUT2D eigenvalue weighted by atomic mass is 10.1. The van der Waals surface area contributed by atoms with E-state index in [-0.39, 0.29) is 0 Å². The molecule has 2 atom stereocenters. The summed E-state index contributed by atoms with van der Waals surface area (Å²) >= 11 is 0. The van der Waals surface area contributed by atoms with Crippen molar-refractivity contribution in [2.24, 2.45) is 11.7 Å². The van der Waals surface area contributed by atoms with E-state index in [9.17, 15) is 0 Å². The van der Waals surface area contributed by atoms with Crippen molar-refractivity contribution >= 4 is 0 Å². The molecule has 2 unspecified atom stereocenters. The normalized spacial score (nSPS) is 26.4. The van der Waals surface area contributed by atoms with E-state index in [1.54, 1.807) is 0 Å². The first-order chi connectivity index (χ1) is 7.69. The first-order valence-corrected chi connectivity index (χ1v) is 6.14. The molecule has 0 aliphatic carbocycles. The van der Waals surface area contributed by atoms with Crippen LogP contribution in [-0.2, 0) is 13.1 Å². The van der Waals surface area contributed by atoms with Crippen molar-refractivity contribution in [3.05, 3.63) is 18.2 Å². The number of aromatic nitrogens is 2. The average Bonchev–Trinajstić information content (AvgIpc) is 2.76. The fraction of sp³-hybridized carbons (Fsp3) is 0.750. The van der Waals surface area contributed by atoms with Crippen LogP contribution < -0.4 is 5.73 Å². The number of nitrogens with zero attached hydrogens (tertiary/aromatic N) is 3. The Hall–Kier alpha value is -0.870. The summed E-state index contributed by atoms with van der Waals surface area (Å²) in [5.41, 5.74) is 6.68. The van der Waals surface area contributed by atoms with Gasteiger partial charge in [0.25, 0.3) is 0 Å². The molecule has 0 saturated carbocycles. The topological polar surface area (TPSA) is 47.1 Å². The zero-order chi connectivity index (χ0) is 11.5. The van der Waals surface area contributed by atoms with Crippen LogP contribution >= 0.6 is 0 Å². The van der Waals surface area contributed by atoms with Crippen molar-refractivity contribution in [1.82, 2.24) is 14.5 Å². The van der Waals surface area contributed by atoms with E-state index in [1.165, 1.54) is 13.0 Å². The van der Waals surface area contributed by atoms with Gasteiger partial charge >= 0.3 is 0 Å². The number of imidazole rings is 1. The van der Waals surface area contributed by atoms with Crippen LogP contribution in [0.15, 0.2) is 12.5 Å². The van der Waals surface area contributed by atoms with Crippen LogP contribution in [0.5, 0.6) is 0 Å².